The zero-order valence-electron chi connectivity index (χ0n) is 16.3. The monoisotopic (exact) mass is 385 g/mol. The molecule has 1 aromatic rings. The summed E-state index contributed by atoms with van der Waals surface area (Å²) < 4.78 is 13.4. The number of amides is 2. The van der Waals surface area contributed by atoms with Crippen molar-refractivity contribution in [3.8, 4) is 11.8 Å². The Balaban J connectivity index is 1.82. The highest BCUT2D eigenvalue weighted by Crippen LogP contribution is 2.23. The number of alkyl halides is 1. The first-order valence-electron chi connectivity index (χ1n) is 8.97. The number of nitrogens with zero attached hydrogens (tertiary/aromatic N) is 1. The Labute approximate surface area is 164 Å². The second-order valence-electron chi connectivity index (χ2n) is 6.83. The number of allylic oxidation sites excluding steroid dienone is 1. The van der Waals surface area contributed by atoms with Crippen LogP contribution < -0.4 is 10.6 Å². The Morgan fingerprint density at radius 3 is 2.54 bits per heavy atom. The van der Waals surface area contributed by atoms with E-state index < -0.39 is 11.6 Å². The zero-order chi connectivity index (χ0) is 20.7. The number of benzene rings is 1. The first-order chi connectivity index (χ1) is 13.2. The summed E-state index contributed by atoms with van der Waals surface area (Å²) in [6.45, 7) is 5.05. The first-order valence-corrected chi connectivity index (χ1v) is 8.97. The average molecular weight is 385 g/mol. The Kier molecular flexibility index (Phi) is 6.94. The minimum Gasteiger partial charge on any atom is -0.370 e. The molecule has 2 N–H and O–H groups in total. The maximum absolute atomic E-state index is 13.4. The van der Waals surface area contributed by atoms with Crippen LogP contribution in [0.3, 0.4) is 0 Å². The molecule has 0 bridgehead atoms. The van der Waals surface area contributed by atoms with Gasteiger partial charge >= 0.3 is 0 Å². The average Bonchev–Trinajstić information content (AvgIpc) is 2.64. The van der Waals surface area contributed by atoms with Crippen LogP contribution in [0.15, 0.2) is 36.0 Å². The molecule has 0 saturated carbocycles. The topological polar surface area (TPSA) is 78.5 Å². The van der Waals surface area contributed by atoms with Crippen LogP contribution in [0.2, 0.25) is 0 Å². The molecule has 1 aliphatic heterocycles. The molecule has 0 unspecified atom stereocenters. The van der Waals surface area contributed by atoms with E-state index >= 15 is 0 Å². The fourth-order valence-corrected chi connectivity index (χ4v) is 2.83. The number of carbonyl (C=O) groups excluding carboxylic acids is 3. The minimum absolute atomic E-state index is 0.0538. The molecule has 1 aliphatic rings. The number of hydrogen-bond donors (Lipinski definition) is 2. The van der Waals surface area contributed by atoms with E-state index in [9.17, 15) is 18.8 Å². The van der Waals surface area contributed by atoms with Crippen molar-refractivity contribution in [1.82, 2.24) is 15.5 Å². The first kappa shape index (κ1) is 21.2. The van der Waals surface area contributed by atoms with Gasteiger partial charge in [-0.3, -0.25) is 14.4 Å². The van der Waals surface area contributed by atoms with Crippen molar-refractivity contribution in [2.75, 3.05) is 19.6 Å². The highest BCUT2D eigenvalue weighted by atomic mass is 19.1. The number of rotatable bonds is 6. The summed E-state index contributed by atoms with van der Waals surface area (Å²) in [5, 5.41) is 5.61. The van der Waals surface area contributed by atoms with Gasteiger partial charge in [-0.15, -0.1) is 0 Å². The largest absolute Gasteiger partial charge is 0.370 e. The van der Waals surface area contributed by atoms with Gasteiger partial charge < -0.3 is 15.5 Å². The maximum Gasteiger partial charge on any atom is 0.298 e. The quantitative estimate of drug-likeness (QED) is 0.443. The van der Waals surface area contributed by atoms with Gasteiger partial charge in [0.1, 0.15) is 5.67 Å². The van der Waals surface area contributed by atoms with Crippen LogP contribution in [0.5, 0.6) is 0 Å². The van der Waals surface area contributed by atoms with Gasteiger partial charge in [0.25, 0.3) is 11.8 Å². The van der Waals surface area contributed by atoms with E-state index in [0.29, 0.717) is 11.3 Å². The molecule has 28 heavy (non-hydrogen) atoms. The van der Waals surface area contributed by atoms with Gasteiger partial charge in [0.2, 0.25) is 0 Å². The highest BCUT2D eigenvalue weighted by Gasteiger charge is 2.40. The number of Topliss-reactive ketones (excluding diaryl/α,β-unsaturated/α-hetero) is 1. The van der Waals surface area contributed by atoms with E-state index in [0.717, 1.165) is 5.56 Å². The highest BCUT2D eigenvalue weighted by molar-refractivity contribution is 5.96. The van der Waals surface area contributed by atoms with Gasteiger partial charge in [-0.1, -0.05) is 36.3 Å². The number of ketones is 1. The van der Waals surface area contributed by atoms with Gasteiger partial charge in [0.15, 0.2) is 5.78 Å². The van der Waals surface area contributed by atoms with Crippen LogP contribution in [0.25, 0.3) is 0 Å². The van der Waals surface area contributed by atoms with Gasteiger partial charge in [-0.2, -0.15) is 0 Å². The molecule has 0 aliphatic carbocycles. The predicted octanol–water partition coefficient (Wildman–Crippen LogP) is 1.57. The minimum atomic E-state index is -1.33. The van der Waals surface area contributed by atoms with Gasteiger partial charge in [0.05, 0.1) is 25.3 Å². The molecule has 0 radical (unpaired) electrons. The molecular weight excluding hydrogens is 361 g/mol. The van der Waals surface area contributed by atoms with E-state index in [1.54, 1.807) is 37.3 Å². The molecule has 0 aromatic heterocycles. The zero-order valence-corrected chi connectivity index (χ0v) is 16.3. The summed E-state index contributed by atoms with van der Waals surface area (Å²) in [4.78, 5) is 37.0. The number of halogens is 1. The predicted molar refractivity (Wildman–Crippen MR) is 104 cm³/mol. The van der Waals surface area contributed by atoms with E-state index in [-0.39, 0.29) is 37.9 Å². The van der Waals surface area contributed by atoms with Crippen LogP contribution in [0.4, 0.5) is 4.39 Å². The number of nitrogens with one attached hydrogen (secondary N) is 2. The van der Waals surface area contributed by atoms with Gasteiger partial charge in [-0.25, -0.2) is 4.39 Å². The summed E-state index contributed by atoms with van der Waals surface area (Å²) in [6, 6.07) is 7.08. The molecular formula is C21H24FN3O3. The lowest BCUT2D eigenvalue weighted by molar-refractivity contribution is -0.137. The fourth-order valence-electron chi connectivity index (χ4n) is 2.83. The maximum atomic E-state index is 13.4. The Morgan fingerprint density at radius 2 is 1.93 bits per heavy atom. The van der Waals surface area contributed by atoms with Gasteiger partial charge in [-0.05, 0) is 32.3 Å². The molecule has 148 valence electrons. The van der Waals surface area contributed by atoms with E-state index in [1.165, 1.54) is 18.7 Å². The fraction of sp³-hybridized carbons (Fsp3) is 0.381. The molecule has 1 fully saturated rings. The van der Waals surface area contributed by atoms with Crippen molar-refractivity contribution >= 4 is 17.6 Å². The second-order valence-corrected chi connectivity index (χ2v) is 6.83. The summed E-state index contributed by atoms with van der Waals surface area (Å²) in [7, 11) is 0. The Morgan fingerprint density at radius 1 is 1.25 bits per heavy atom. The van der Waals surface area contributed by atoms with E-state index in [2.05, 4.69) is 22.5 Å². The Hall–Kier alpha value is -3.14. The molecule has 0 spiro atoms. The number of hydrogen-bond acceptors (Lipinski definition) is 4. The molecule has 1 aromatic carbocycles. The molecule has 6 nitrogen and oxygen atoms in total. The lowest BCUT2D eigenvalue weighted by Gasteiger charge is -2.40. The van der Waals surface area contributed by atoms with Gasteiger partial charge in [0, 0.05) is 12.1 Å². The summed E-state index contributed by atoms with van der Waals surface area (Å²) in [5.74, 6) is 4.23. The molecule has 0 atom stereocenters. The summed E-state index contributed by atoms with van der Waals surface area (Å²) >= 11 is 0. The van der Waals surface area contributed by atoms with Crippen molar-refractivity contribution in [1.29, 1.82) is 0 Å². The van der Waals surface area contributed by atoms with Crippen molar-refractivity contribution < 1.29 is 18.8 Å². The third-order valence-electron chi connectivity index (χ3n) is 4.26. The van der Waals surface area contributed by atoms with Crippen LogP contribution >= 0.6 is 0 Å². The summed E-state index contributed by atoms with van der Waals surface area (Å²) in [6.07, 6.45) is 1.60. The molecule has 7 heteroatoms. The smallest absolute Gasteiger partial charge is 0.298 e. The van der Waals surface area contributed by atoms with Crippen LogP contribution in [0, 0.1) is 11.8 Å². The number of likely N-dealkylation sites (tertiary alicyclic amines) is 1. The lowest BCUT2D eigenvalue weighted by atomic mass is 9.99. The van der Waals surface area contributed by atoms with Crippen molar-refractivity contribution in [3.63, 3.8) is 0 Å². The van der Waals surface area contributed by atoms with Crippen molar-refractivity contribution in [3.05, 3.63) is 47.2 Å². The SMILES string of the molecule is CC=C(NCC#CC(=O)N1CC(C)(F)C1)C(=O)NCc1ccccc1C(C)=O. The van der Waals surface area contributed by atoms with Crippen LogP contribution in [-0.4, -0.2) is 47.8 Å². The normalized spacial score (nSPS) is 15.0. The Bertz CT molecular complexity index is 857. The van der Waals surface area contributed by atoms with E-state index in [4.69, 9.17) is 0 Å². The summed E-state index contributed by atoms with van der Waals surface area (Å²) in [5.41, 5.74) is 0.283. The van der Waals surface area contributed by atoms with Crippen LogP contribution in [-0.2, 0) is 16.1 Å². The van der Waals surface area contributed by atoms with Crippen LogP contribution in [0.1, 0.15) is 36.7 Å². The molecule has 2 rings (SSSR count). The van der Waals surface area contributed by atoms with Crippen molar-refractivity contribution in [2.45, 2.75) is 33.0 Å². The molecule has 2 amide bonds. The third kappa shape index (κ3) is 5.68. The van der Waals surface area contributed by atoms with Crippen molar-refractivity contribution in [2.24, 2.45) is 0 Å². The second kappa shape index (κ2) is 9.18. The number of carbonyl (C=O) groups is 3. The third-order valence-corrected chi connectivity index (χ3v) is 4.26. The molecule has 1 saturated heterocycles. The van der Waals surface area contributed by atoms with E-state index in [1.807, 2.05) is 0 Å². The molecule has 1 heterocycles. The lowest BCUT2D eigenvalue weighted by Crippen LogP contribution is -2.58. The standard InChI is InChI=1S/C21H24FN3O3/c1-4-18(23-11-7-10-19(27)25-13-21(3,22)14-25)20(28)24-12-16-8-5-6-9-17(16)15(2)26/h4-6,8-9,23H,11-14H2,1-3H3,(H,24,28).